The van der Waals surface area contributed by atoms with Crippen LogP contribution >= 0.6 is 0 Å². The molecule has 8 heteroatoms. The van der Waals surface area contributed by atoms with Gasteiger partial charge in [0.15, 0.2) is 12.4 Å². The Hall–Kier alpha value is -2.61. The molecule has 0 radical (unpaired) electrons. The van der Waals surface area contributed by atoms with Gasteiger partial charge in [0, 0.05) is 18.7 Å². The minimum Gasteiger partial charge on any atom is -0.454 e. The summed E-state index contributed by atoms with van der Waals surface area (Å²) in [5.41, 5.74) is 1.41. The number of aromatic nitrogens is 1. The predicted molar refractivity (Wildman–Crippen MR) is 87.5 cm³/mol. The van der Waals surface area contributed by atoms with Crippen molar-refractivity contribution in [1.29, 1.82) is 0 Å². The summed E-state index contributed by atoms with van der Waals surface area (Å²) >= 11 is 0. The van der Waals surface area contributed by atoms with Crippen molar-refractivity contribution in [3.63, 3.8) is 0 Å². The van der Waals surface area contributed by atoms with Gasteiger partial charge in [-0.2, -0.15) is 0 Å². The maximum atomic E-state index is 11.9. The zero-order valence-corrected chi connectivity index (χ0v) is 13.6. The fraction of sp³-hybridized carbons (Fsp3) is 0.250. The lowest BCUT2D eigenvalue weighted by atomic mass is 10.2. The van der Waals surface area contributed by atoms with Gasteiger partial charge in [-0.1, -0.05) is 17.3 Å². The van der Waals surface area contributed by atoms with Gasteiger partial charge in [-0.15, -0.1) is 0 Å². The number of carbonyl (C=O) groups is 1. The molecule has 0 atom stereocenters. The number of anilines is 1. The molecule has 0 aliphatic carbocycles. The topological polar surface area (TPSA) is 89.7 Å². The third-order valence-corrected chi connectivity index (χ3v) is 5.41. The molecule has 2 heterocycles. The fourth-order valence-corrected chi connectivity index (χ4v) is 3.92. The van der Waals surface area contributed by atoms with Gasteiger partial charge in [-0.05, 0) is 30.2 Å². The number of esters is 1. The maximum Gasteiger partial charge on any atom is 0.331 e. The number of benzene rings is 1. The van der Waals surface area contributed by atoms with Crippen molar-refractivity contribution in [2.75, 3.05) is 16.6 Å². The minimum atomic E-state index is -3.18. The van der Waals surface area contributed by atoms with Crippen LogP contribution in [-0.2, 0) is 26.2 Å². The van der Waals surface area contributed by atoms with Crippen molar-refractivity contribution in [1.82, 2.24) is 5.16 Å². The molecule has 0 saturated carbocycles. The molecule has 1 aliphatic heterocycles. The van der Waals surface area contributed by atoms with E-state index in [0.29, 0.717) is 24.4 Å². The van der Waals surface area contributed by atoms with E-state index >= 15 is 0 Å². The molecule has 3 rings (SSSR count). The Morgan fingerprint density at radius 2 is 2.08 bits per heavy atom. The first-order valence-electron chi connectivity index (χ1n) is 7.39. The molecule has 1 aromatic carbocycles. The monoisotopic (exact) mass is 348 g/mol. The van der Waals surface area contributed by atoms with E-state index in [0.717, 1.165) is 5.56 Å². The first kappa shape index (κ1) is 16.3. The Morgan fingerprint density at radius 3 is 2.71 bits per heavy atom. The molecular formula is C16H16N2O5S. The van der Waals surface area contributed by atoms with Gasteiger partial charge in [0.2, 0.25) is 10.0 Å². The average Bonchev–Trinajstić information content (AvgIpc) is 3.20. The van der Waals surface area contributed by atoms with Crippen LogP contribution in [0.2, 0.25) is 0 Å². The number of nitrogens with zero attached hydrogens (tertiary/aromatic N) is 2. The zero-order chi connectivity index (χ0) is 17.0. The van der Waals surface area contributed by atoms with E-state index < -0.39 is 16.0 Å². The third kappa shape index (κ3) is 3.83. The first-order chi connectivity index (χ1) is 11.5. The molecule has 0 N–H and O–H groups in total. The number of sulfonamides is 1. The molecule has 126 valence electrons. The standard InChI is InChI=1S/C16H16N2O5S/c19-16(22-12-15-8-9-17-23-15)7-4-13-2-5-14(6-3-13)18-10-1-11-24(18,20)21/h2-9H,1,10-12H2. The van der Waals surface area contributed by atoms with Crippen molar-refractivity contribution < 1.29 is 22.5 Å². The second kappa shape index (κ2) is 6.88. The summed E-state index contributed by atoms with van der Waals surface area (Å²) in [6, 6.07) is 8.57. The number of hydrogen-bond acceptors (Lipinski definition) is 6. The van der Waals surface area contributed by atoms with Gasteiger partial charge in [0.1, 0.15) is 0 Å². The molecule has 7 nitrogen and oxygen atoms in total. The van der Waals surface area contributed by atoms with Gasteiger partial charge in [0.05, 0.1) is 17.6 Å². The summed E-state index contributed by atoms with van der Waals surface area (Å²) in [5, 5.41) is 3.51. The van der Waals surface area contributed by atoms with Gasteiger partial charge >= 0.3 is 5.97 Å². The highest BCUT2D eigenvalue weighted by atomic mass is 32.2. The quantitative estimate of drug-likeness (QED) is 0.606. The van der Waals surface area contributed by atoms with Crippen LogP contribution in [0.1, 0.15) is 17.7 Å². The lowest BCUT2D eigenvalue weighted by Crippen LogP contribution is -2.24. The van der Waals surface area contributed by atoms with Crippen molar-refractivity contribution in [2.45, 2.75) is 13.0 Å². The van der Waals surface area contributed by atoms with Crippen LogP contribution in [0.3, 0.4) is 0 Å². The molecule has 0 spiro atoms. The molecule has 2 aromatic rings. The van der Waals surface area contributed by atoms with Crippen LogP contribution in [0.25, 0.3) is 6.08 Å². The van der Waals surface area contributed by atoms with Crippen LogP contribution in [0, 0.1) is 0 Å². The average molecular weight is 348 g/mol. The number of ether oxygens (including phenoxy) is 1. The fourth-order valence-electron chi connectivity index (χ4n) is 2.35. The molecule has 1 aliphatic rings. The summed E-state index contributed by atoms with van der Waals surface area (Å²) in [4.78, 5) is 11.6. The number of rotatable bonds is 5. The third-order valence-electron chi connectivity index (χ3n) is 3.54. The highest BCUT2D eigenvalue weighted by Gasteiger charge is 2.28. The summed E-state index contributed by atoms with van der Waals surface area (Å²) in [7, 11) is -3.18. The highest BCUT2D eigenvalue weighted by Crippen LogP contribution is 2.24. The molecule has 1 fully saturated rings. The first-order valence-corrected chi connectivity index (χ1v) is 9.00. The lowest BCUT2D eigenvalue weighted by Gasteiger charge is -2.16. The van der Waals surface area contributed by atoms with E-state index in [2.05, 4.69) is 5.16 Å². The Bertz CT molecular complexity index is 826. The van der Waals surface area contributed by atoms with Crippen molar-refractivity contribution in [2.24, 2.45) is 0 Å². The lowest BCUT2D eigenvalue weighted by molar-refractivity contribution is -0.139. The number of hydrogen-bond donors (Lipinski definition) is 0. The van der Waals surface area contributed by atoms with Gasteiger partial charge in [0.25, 0.3) is 0 Å². The van der Waals surface area contributed by atoms with E-state index in [9.17, 15) is 13.2 Å². The molecule has 1 saturated heterocycles. The molecule has 24 heavy (non-hydrogen) atoms. The van der Waals surface area contributed by atoms with Gasteiger partial charge in [-0.3, -0.25) is 4.31 Å². The summed E-state index contributed by atoms with van der Waals surface area (Å²) in [6.45, 7) is 0.528. The minimum absolute atomic E-state index is 0.0227. The van der Waals surface area contributed by atoms with Crippen LogP contribution in [-0.4, -0.2) is 31.8 Å². The van der Waals surface area contributed by atoms with Crippen LogP contribution in [0.5, 0.6) is 0 Å². The Morgan fingerprint density at radius 1 is 1.29 bits per heavy atom. The molecule has 0 bridgehead atoms. The Labute approximate surface area is 139 Å². The Kier molecular flexibility index (Phi) is 4.66. The molecule has 1 aromatic heterocycles. The Balaban J connectivity index is 1.58. The van der Waals surface area contributed by atoms with E-state index in [-0.39, 0.29) is 12.4 Å². The van der Waals surface area contributed by atoms with Crippen LogP contribution < -0.4 is 4.31 Å². The summed E-state index contributed by atoms with van der Waals surface area (Å²) in [6.07, 6.45) is 5.02. The second-order valence-electron chi connectivity index (χ2n) is 5.25. The molecular weight excluding hydrogens is 332 g/mol. The zero-order valence-electron chi connectivity index (χ0n) is 12.8. The van der Waals surface area contributed by atoms with Crippen molar-refractivity contribution >= 4 is 27.8 Å². The van der Waals surface area contributed by atoms with Gasteiger partial charge < -0.3 is 9.26 Å². The van der Waals surface area contributed by atoms with Crippen LogP contribution in [0.4, 0.5) is 5.69 Å². The molecule has 0 unspecified atom stereocenters. The maximum absolute atomic E-state index is 11.9. The smallest absolute Gasteiger partial charge is 0.331 e. The van der Waals surface area contributed by atoms with Gasteiger partial charge in [-0.25, -0.2) is 13.2 Å². The van der Waals surface area contributed by atoms with E-state index in [1.165, 1.54) is 16.6 Å². The SMILES string of the molecule is O=C(C=Cc1ccc(N2CCCS2(=O)=O)cc1)OCc1ccno1. The summed E-state index contributed by atoms with van der Waals surface area (Å²) < 4.78 is 35.0. The van der Waals surface area contributed by atoms with Crippen molar-refractivity contribution in [3.05, 3.63) is 53.9 Å². The van der Waals surface area contributed by atoms with Crippen LogP contribution in [0.15, 0.2) is 47.1 Å². The highest BCUT2D eigenvalue weighted by molar-refractivity contribution is 7.93. The predicted octanol–water partition coefficient (Wildman–Crippen LogP) is 1.97. The molecule has 0 amide bonds. The largest absolute Gasteiger partial charge is 0.454 e. The summed E-state index contributed by atoms with van der Waals surface area (Å²) in [5.74, 6) is 0.150. The van der Waals surface area contributed by atoms with E-state index in [1.54, 1.807) is 36.4 Å². The second-order valence-corrected chi connectivity index (χ2v) is 7.27. The van der Waals surface area contributed by atoms with Crippen molar-refractivity contribution in [3.8, 4) is 0 Å². The normalized spacial score (nSPS) is 16.6. The van der Waals surface area contributed by atoms with E-state index in [4.69, 9.17) is 9.26 Å². The number of carbonyl (C=O) groups excluding carboxylic acids is 1. The van der Waals surface area contributed by atoms with E-state index in [1.807, 2.05) is 0 Å².